The van der Waals surface area contributed by atoms with Gasteiger partial charge in [0.05, 0.1) is 21.9 Å². The van der Waals surface area contributed by atoms with E-state index in [4.69, 9.17) is 23.2 Å². The van der Waals surface area contributed by atoms with E-state index < -0.39 is 5.82 Å². The van der Waals surface area contributed by atoms with Crippen LogP contribution in [0.1, 0.15) is 18.7 Å². The summed E-state index contributed by atoms with van der Waals surface area (Å²) in [7, 11) is 0. The Morgan fingerprint density at radius 1 is 1.50 bits per heavy atom. The molecule has 0 bridgehead atoms. The second-order valence-corrected chi connectivity index (χ2v) is 5.50. The van der Waals surface area contributed by atoms with Crippen molar-refractivity contribution in [2.75, 3.05) is 0 Å². The number of hydrogen-bond donors (Lipinski definition) is 1. The molecule has 1 unspecified atom stereocenters. The van der Waals surface area contributed by atoms with E-state index in [9.17, 15) is 9.18 Å². The van der Waals surface area contributed by atoms with Crippen LogP contribution in [0.15, 0.2) is 12.1 Å². The van der Waals surface area contributed by atoms with Crippen LogP contribution in [-0.2, 0) is 17.2 Å². The van der Waals surface area contributed by atoms with Crippen molar-refractivity contribution < 1.29 is 9.18 Å². The molecule has 0 radical (unpaired) electrons. The molecule has 1 aliphatic rings. The normalized spacial score (nSPS) is 18.8. The highest BCUT2D eigenvalue weighted by atomic mass is 35.5. The molecule has 0 aliphatic carbocycles. The molecule has 1 aromatic heterocycles. The summed E-state index contributed by atoms with van der Waals surface area (Å²) in [6.45, 7) is 0.533. The lowest BCUT2D eigenvalue weighted by Crippen LogP contribution is -2.30. The van der Waals surface area contributed by atoms with Gasteiger partial charge >= 0.3 is 0 Å². The quantitative estimate of drug-likeness (QED) is 0.885. The molecule has 2 heterocycles. The average Bonchev–Trinajstić information content (AvgIpc) is 2.96. The van der Waals surface area contributed by atoms with Crippen LogP contribution in [0.5, 0.6) is 0 Å². The lowest BCUT2D eigenvalue weighted by Gasteiger charge is -2.13. The fraction of sp³-hybridized carbons (Fsp3) is 0.385. The number of hydrogen-bond acceptors (Lipinski definition) is 2. The van der Waals surface area contributed by atoms with E-state index in [1.807, 2.05) is 4.57 Å². The van der Waals surface area contributed by atoms with Crippen LogP contribution >= 0.6 is 23.2 Å². The van der Waals surface area contributed by atoms with Gasteiger partial charge in [0.1, 0.15) is 11.6 Å². The van der Waals surface area contributed by atoms with E-state index in [0.717, 1.165) is 6.42 Å². The third-order valence-corrected chi connectivity index (χ3v) is 4.01. The monoisotopic (exact) mass is 315 g/mol. The van der Waals surface area contributed by atoms with Crippen LogP contribution in [-0.4, -0.2) is 21.5 Å². The third kappa shape index (κ3) is 2.36. The first-order valence-corrected chi connectivity index (χ1v) is 7.19. The highest BCUT2D eigenvalue weighted by Crippen LogP contribution is 2.25. The first-order chi connectivity index (χ1) is 9.58. The molecule has 2 aromatic rings. The molecule has 1 aliphatic heterocycles. The van der Waals surface area contributed by atoms with Gasteiger partial charge in [0.2, 0.25) is 5.91 Å². The molecular formula is C13H12Cl2FN3O. The lowest BCUT2D eigenvalue weighted by atomic mass is 10.2. The zero-order chi connectivity index (χ0) is 14.3. The molecule has 1 fully saturated rings. The zero-order valence-corrected chi connectivity index (χ0v) is 12.0. The fourth-order valence-corrected chi connectivity index (χ4v) is 2.87. The van der Waals surface area contributed by atoms with Crippen molar-refractivity contribution in [3.05, 3.63) is 28.8 Å². The maximum Gasteiger partial charge on any atom is 0.220 e. The summed E-state index contributed by atoms with van der Waals surface area (Å²) < 4.78 is 15.5. The van der Waals surface area contributed by atoms with E-state index >= 15 is 0 Å². The summed E-state index contributed by atoms with van der Waals surface area (Å²) in [4.78, 5) is 15.6. The Hall–Kier alpha value is -1.33. The Kier molecular flexibility index (Phi) is 3.56. The van der Waals surface area contributed by atoms with Crippen LogP contribution in [0.3, 0.4) is 0 Å². The van der Waals surface area contributed by atoms with E-state index in [0.29, 0.717) is 29.8 Å². The van der Waals surface area contributed by atoms with Gasteiger partial charge in [0.25, 0.3) is 0 Å². The highest BCUT2D eigenvalue weighted by molar-refractivity contribution is 6.31. The molecule has 7 heteroatoms. The predicted molar refractivity (Wildman–Crippen MR) is 75.4 cm³/mol. The minimum absolute atomic E-state index is 0.0283. The predicted octanol–water partition coefficient (Wildman–Crippen LogP) is 2.85. The lowest BCUT2D eigenvalue weighted by molar-refractivity contribution is -0.119. The number of halogens is 3. The summed E-state index contributed by atoms with van der Waals surface area (Å²) in [6, 6.07) is 2.88. The van der Waals surface area contributed by atoms with Crippen molar-refractivity contribution in [3.8, 4) is 0 Å². The fourth-order valence-electron chi connectivity index (χ4n) is 2.51. The summed E-state index contributed by atoms with van der Waals surface area (Å²) >= 11 is 11.7. The molecule has 1 N–H and O–H groups in total. The summed E-state index contributed by atoms with van der Waals surface area (Å²) in [5.41, 5.74) is 1.25. The second kappa shape index (κ2) is 5.22. The Morgan fingerprint density at radius 2 is 2.30 bits per heavy atom. The highest BCUT2D eigenvalue weighted by Gasteiger charge is 2.23. The number of nitrogens with one attached hydrogen (secondary N) is 1. The second-order valence-electron chi connectivity index (χ2n) is 4.83. The number of benzene rings is 1. The molecule has 0 saturated carbocycles. The van der Waals surface area contributed by atoms with E-state index in [1.54, 1.807) is 0 Å². The SMILES string of the molecule is O=C1CCC(Cn2c(CCl)nc3cc(Cl)c(F)cc32)N1. The van der Waals surface area contributed by atoms with Crippen molar-refractivity contribution in [2.45, 2.75) is 31.3 Å². The number of fused-ring (bicyclic) bond motifs is 1. The molecule has 1 saturated heterocycles. The first kappa shape index (κ1) is 13.6. The number of carbonyl (C=O) groups is 1. The molecule has 1 aromatic carbocycles. The average molecular weight is 316 g/mol. The van der Waals surface area contributed by atoms with Gasteiger partial charge in [-0.25, -0.2) is 9.37 Å². The van der Waals surface area contributed by atoms with Gasteiger partial charge in [-0.15, -0.1) is 11.6 Å². The van der Waals surface area contributed by atoms with Crippen molar-refractivity contribution in [3.63, 3.8) is 0 Å². The minimum atomic E-state index is -0.489. The Bertz CT molecular complexity index is 686. The minimum Gasteiger partial charge on any atom is -0.352 e. The number of amides is 1. The molecule has 1 amide bonds. The Balaban J connectivity index is 2.03. The maximum absolute atomic E-state index is 13.6. The van der Waals surface area contributed by atoms with E-state index in [-0.39, 0.29) is 22.9 Å². The van der Waals surface area contributed by atoms with Crippen LogP contribution in [0.4, 0.5) is 4.39 Å². The number of rotatable bonds is 3. The van der Waals surface area contributed by atoms with Gasteiger partial charge in [-0.2, -0.15) is 0 Å². The van der Waals surface area contributed by atoms with Gasteiger partial charge < -0.3 is 9.88 Å². The molecule has 3 rings (SSSR count). The Morgan fingerprint density at radius 3 is 2.95 bits per heavy atom. The van der Waals surface area contributed by atoms with Crippen LogP contribution in [0.2, 0.25) is 5.02 Å². The molecule has 1 atom stereocenters. The van der Waals surface area contributed by atoms with Crippen LogP contribution < -0.4 is 5.32 Å². The smallest absolute Gasteiger partial charge is 0.220 e. The van der Waals surface area contributed by atoms with Crippen molar-refractivity contribution in [2.24, 2.45) is 0 Å². The summed E-state index contributed by atoms with van der Waals surface area (Å²) in [5.74, 6) is 0.414. The van der Waals surface area contributed by atoms with E-state index in [1.165, 1.54) is 12.1 Å². The molecule has 0 spiro atoms. The van der Waals surface area contributed by atoms with Crippen molar-refractivity contribution >= 4 is 40.1 Å². The van der Waals surface area contributed by atoms with Gasteiger partial charge in [-0.05, 0) is 12.5 Å². The van der Waals surface area contributed by atoms with Gasteiger partial charge in [-0.1, -0.05) is 11.6 Å². The van der Waals surface area contributed by atoms with Crippen molar-refractivity contribution in [1.82, 2.24) is 14.9 Å². The van der Waals surface area contributed by atoms with Crippen LogP contribution in [0.25, 0.3) is 11.0 Å². The van der Waals surface area contributed by atoms with Crippen molar-refractivity contribution in [1.29, 1.82) is 0 Å². The topological polar surface area (TPSA) is 46.9 Å². The van der Waals surface area contributed by atoms with Gasteiger partial charge in [0.15, 0.2) is 0 Å². The Labute approximate surface area is 124 Å². The molecular weight excluding hydrogens is 304 g/mol. The number of nitrogens with zero attached hydrogens (tertiary/aromatic N) is 2. The van der Waals surface area contributed by atoms with Gasteiger partial charge in [0, 0.05) is 25.1 Å². The number of carbonyl (C=O) groups excluding carboxylic acids is 1. The maximum atomic E-state index is 13.6. The first-order valence-electron chi connectivity index (χ1n) is 6.28. The number of aromatic nitrogens is 2. The molecule has 20 heavy (non-hydrogen) atoms. The van der Waals surface area contributed by atoms with Gasteiger partial charge in [-0.3, -0.25) is 4.79 Å². The zero-order valence-electron chi connectivity index (χ0n) is 10.5. The summed E-state index contributed by atoms with van der Waals surface area (Å²) in [5, 5.41) is 2.92. The molecule has 106 valence electrons. The standard InChI is InChI=1S/C13H12Cl2FN3O/c14-5-12-18-10-3-8(15)9(16)4-11(10)19(12)6-7-1-2-13(20)17-7/h3-4,7H,1-2,5-6H2,(H,17,20). The number of alkyl halides is 1. The largest absolute Gasteiger partial charge is 0.352 e. The molecule has 4 nitrogen and oxygen atoms in total. The summed E-state index contributed by atoms with van der Waals surface area (Å²) in [6.07, 6.45) is 1.28. The third-order valence-electron chi connectivity index (χ3n) is 3.48. The van der Waals surface area contributed by atoms with E-state index in [2.05, 4.69) is 10.3 Å². The van der Waals surface area contributed by atoms with Crippen LogP contribution in [0, 0.1) is 5.82 Å². The number of imidazole rings is 1.